The summed E-state index contributed by atoms with van der Waals surface area (Å²) >= 11 is 0. The largest absolute Gasteiger partial charge is 0.460 e. The van der Waals surface area contributed by atoms with Gasteiger partial charge in [-0.25, -0.2) is 0 Å². The van der Waals surface area contributed by atoms with E-state index in [1.165, 1.54) is 0 Å². The zero-order valence-corrected chi connectivity index (χ0v) is 26.3. The molecule has 212 valence electrons. The SMILES string of the molecule is C[C@@H](COCc1ccccc1)[C@@H](O[Si](C)(C)C(C)(C)C)[C@@H](C)C(=O)C(C)(C)[C@@H](O)CC(=O)OC(C)(C)C. The zero-order chi connectivity index (χ0) is 28.8. The Hall–Kier alpha value is -1.54. The van der Waals surface area contributed by atoms with Crippen LogP contribution in [0.15, 0.2) is 30.3 Å². The molecule has 0 heterocycles. The van der Waals surface area contributed by atoms with Gasteiger partial charge in [0.25, 0.3) is 0 Å². The van der Waals surface area contributed by atoms with Crippen molar-refractivity contribution in [3.63, 3.8) is 0 Å². The van der Waals surface area contributed by atoms with Gasteiger partial charge in [-0.1, -0.05) is 78.8 Å². The van der Waals surface area contributed by atoms with Crippen LogP contribution in [0, 0.1) is 17.3 Å². The van der Waals surface area contributed by atoms with E-state index in [9.17, 15) is 14.7 Å². The fourth-order valence-electron chi connectivity index (χ4n) is 3.96. The van der Waals surface area contributed by atoms with Gasteiger partial charge in [-0.3, -0.25) is 9.59 Å². The maximum Gasteiger partial charge on any atom is 0.308 e. The van der Waals surface area contributed by atoms with Gasteiger partial charge in [0.05, 0.1) is 37.3 Å². The number of esters is 1. The van der Waals surface area contributed by atoms with Gasteiger partial charge < -0.3 is 19.0 Å². The minimum absolute atomic E-state index is 0.0373. The maximum atomic E-state index is 13.8. The van der Waals surface area contributed by atoms with Crippen molar-refractivity contribution in [2.24, 2.45) is 17.3 Å². The number of hydrogen-bond donors (Lipinski definition) is 1. The molecule has 0 aliphatic carbocycles. The van der Waals surface area contributed by atoms with Crippen LogP contribution in [0.1, 0.15) is 81.2 Å². The summed E-state index contributed by atoms with van der Waals surface area (Å²) in [6.07, 6.45) is -1.81. The second-order valence-corrected chi connectivity index (χ2v) is 18.3. The second-order valence-electron chi connectivity index (χ2n) is 13.5. The first kappa shape index (κ1) is 33.5. The van der Waals surface area contributed by atoms with Gasteiger partial charge in [-0.2, -0.15) is 0 Å². The summed E-state index contributed by atoms with van der Waals surface area (Å²) < 4.78 is 18.2. The van der Waals surface area contributed by atoms with Crippen LogP contribution >= 0.6 is 0 Å². The molecule has 1 rings (SSSR count). The van der Waals surface area contributed by atoms with Crippen LogP contribution in [0.2, 0.25) is 18.1 Å². The third-order valence-corrected chi connectivity index (χ3v) is 11.9. The van der Waals surface area contributed by atoms with Crippen molar-refractivity contribution < 1.29 is 28.6 Å². The van der Waals surface area contributed by atoms with Gasteiger partial charge in [0, 0.05) is 11.8 Å². The molecule has 1 N–H and O–H groups in total. The lowest BCUT2D eigenvalue weighted by Gasteiger charge is -2.44. The first-order chi connectivity index (χ1) is 16.7. The molecular formula is C30H52O6Si. The Morgan fingerprint density at radius 3 is 1.97 bits per heavy atom. The van der Waals surface area contributed by atoms with Gasteiger partial charge in [0.15, 0.2) is 8.32 Å². The second kappa shape index (κ2) is 13.0. The summed E-state index contributed by atoms with van der Waals surface area (Å²) in [7, 11) is -2.23. The van der Waals surface area contributed by atoms with Gasteiger partial charge >= 0.3 is 5.97 Å². The number of hydrogen-bond acceptors (Lipinski definition) is 6. The van der Waals surface area contributed by atoms with Crippen LogP contribution < -0.4 is 0 Å². The van der Waals surface area contributed by atoms with Crippen LogP contribution in [0.4, 0.5) is 0 Å². The van der Waals surface area contributed by atoms with Gasteiger partial charge in [0.1, 0.15) is 11.4 Å². The summed E-state index contributed by atoms with van der Waals surface area (Å²) in [5.41, 5.74) is -0.724. The van der Waals surface area contributed by atoms with E-state index in [0.29, 0.717) is 13.2 Å². The maximum absolute atomic E-state index is 13.8. The molecule has 4 atom stereocenters. The van der Waals surface area contributed by atoms with E-state index in [1.807, 2.05) is 37.3 Å². The Bertz CT molecular complexity index is 866. The molecular weight excluding hydrogens is 484 g/mol. The molecule has 0 radical (unpaired) electrons. The molecule has 37 heavy (non-hydrogen) atoms. The molecule has 7 heteroatoms. The molecule has 1 aromatic carbocycles. The van der Waals surface area contributed by atoms with Crippen molar-refractivity contribution in [3.8, 4) is 0 Å². The van der Waals surface area contributed by atoms with E-state index in [0.717, 1.165) is 5.56 Å². The Morgan fingerprint density at radius 2 is 1.49 bits per heavy atom. The Balaban J connectivity index is 3.09. The smallest absolute Gasteiger partial charge is 0.308 e. The molecule has 0 aliphatic rings. The van der Waals surface area contributed by atoms with Crippen molar-refractivity contribution >= 4 is 20.1 Å². The van der Waals surface area contributed by atoms with Crippen molar-refractivity contribution in [1.29, 1.82) is 0 Å². The van der Waals surface area contributed by atoms with E-state index < -0.39 is 43.4 Å². The van der Waals surface area contributed by atoms with Crippen LogP contribution in [0.5, 0.6) is 0 Å². The minimum Gasteiger partial charge on any atom is -0.460 e. The lowest BCUT2D eigenvalue weighted by Crippen LogP contribution is -2.52. The number of ketones is 1. The van der Waals surface area contributed by atoms with Crippen molar-refractivity contribution in [3.05, 3.63) is 35.9 Å². The monoisotopic (exact) mass is 536 g/mol. The fraction of sp³-hybridized carbons (Fsp3) is 0.733. The van der Waals surface area contributed by atoms with E-state index in [-0.39, 0.29) is 23.2 Å². The summed E-state index contributed by atoms with van der Waals surface area (Å²) in [5, 5.41) is 10.9. The molecule has 0 amide bonds. The number of aliphatic hydroxyl groups excluding tert-OH is 1. The molecule has 0 spiro atoms. The third-order valence-electron chi connectivity index (χ3n) is 7.44. The molecule has 0 saturated carbocycles. The Kier molecular flexibility index (Phi) is 11.8. The van der Waals surface area contributed by atoms with Crippen molar-refractivity contribution in [1.82, 2.24) is 0 Å². The highest BCUT2D eigenvalue weighted by Crippen LogP contribution is 2.40. The minimum atomic E-state index is -2.23. The Morgan fingerprint density at radius 1 is 0.946 bits per heavy atom. The normalized spacial score (nSPS) is 16.6. The van der Waals surface area contributed by atoms with Crippen LogP contribution in [0.3, 0.4) is 0 Å². The molecule has 0 aromatic heterocycles. The molecule has 0 saturated heterocycles. The molecule has 0 aliphatic heterocycles. The molecule has 1 aromatic rings. The van der Waals surface area contributed by atoms with Gasteiger partial charge in [0.2, 0.25) is 0 Å². The van der Waals surface area contributed by atoms with E-state index in [1.54, 1.807) is 34.6 Å². The highest BCUT2D eigenvalue weighted by atomic mass is 28.4. The molecule has 0 fully saturated rings. The third kappa shape index (κ3) is 10.3. The van der Waals surface area contributed by atoms with Gasteiger partial charge in [-0.15, -0.1) is 0 Å². The number of Topliss-reactive ketones (excluding diaryl/α,β-unsaturated/α-hetero) is 1. The quantitative estimate of drug-likeness (QED) is 0.227. The number of rotatable bonds is 13. The average Bonchev–Trinajstić information content (AvgIpc) is 2.74. The topological polar surface area (TPSA) is 82.1 Å². The first-order valence-electron chi connectivity index (χ1n) is 13.4. The lowest BCUT2D eigenvalue weighted by atomic mass is 9.73. The number of aliphatic hydroxyl groups is 1. The summed E-state index contributed by atoms with van der Waals surface area (Å²) in [6, 6.07) is 9.99. The predicted molar refractivity (Wildman–Crippen MR) is 152 cm³/mol. The first-order valence-corrected chi connectivity index (χ1v) is 16.3. The molecule has 0 unspecified atom stereocenters. The van der Waals surface area contributed by atoms with Gasteiger partial charge in [-0.05, 0) is 44.5 Å². The number of carbonyl (C=O) groups is 2. The average molecular weight is 537 g/mol. The predicted octanol–water partition coefficient (Wildman–Crippen LogP) is 6.55. The van der Waals surface area contributed by atoms with E-state index in [2.05, 4.69) is 40.8 Å². The van der Waals surface area contributed by atoms with E-state index in [4.69, 9.17) is 13.9 Å². The lowest BCUT2D eigenvalue weighted by molar-refractivity contribution is -0.160. The van der Waals surface area contributed by atoms with Crippen LogP contribution in [0.25, 0.3) is 0 Å². The highest BCUT2D eigenvalue weighted by Gasteiger charge is 2.46. The summed E-state index contributed by atoms with van der Waals surface area (Å²) in [5.74, 6) is -1.23. The van der Waals surface area contributed by atoms with Crippen molar-refractivity contribution in [2.45, 2.75) is 118 Å². The summed E-state index contributed by atoms with van der Waals surface area (Å²) in [6.45, 7) is 24.4. The summed E-state index contributed by atoms with van der Waals surface area (Å²) in [4.78, 5) is 26.2. The Labute approximate surface area is 226 Å². The highest BCUT2D eigenvalue weighted by molar-refractivity contribution is 6.74. The van der Waals surface area contributed by atoms with Crippen LogP contribution in [-0.2, 0) is 30.1 Å². The number of benzene rings is 1. The molecule has 0 bridgehead atoms. The zero-order valence-electron chi connectivity index (χ0n) is 25.3. The van der Waals surface area contributed by atoms with Crippen LogP contribution in [-0.4, -0.2) is 49.6 Å². The number of ether oxygens (including phenoxy) is 2. The van der Waals surface area contributed by atoms with E-state index >= 15 is 0 Å². The van der Waals surface area contributed by atoms with Crippen molar-refractivity contribution in [2.75, 3.05) is 6.61 Å². The molecule has 6 nitrogen and oxygen atoms in total. The number of carbonyl (C=O) groups excluding carboxylic acids is 2. The fourth-order valence-corrected chi connectivity index (χ4v) is 5.43. The standard InChI is InChI=1S/C30H52O6Si/c1-21(19-34-20-23-16-14-13-15-17-23)26(36-37(11,12)29(6,7)8)22(2)27(33)30(9,10)24(31)18-25(32)35-28(3,4)5/h13-17,21-22,24,26,31H,18-20H2,1-12H3/t21-,22+,24-,26+/m0/s1.